The maximum absolute atomic E-state index is 13.7. The number of benzene rings is 1. The summed E-state index contributed by atoms with van der Waals surface area (Å²) in [6, 6.07) is 11.4. The van der Waals surface area contributed by atoms with Gasteiger partial charge in [-0.25, -0.2) is 4.79 Å². The van der Waals surface area contributed by atoms with E-state index in [2.05, 4.69) is 5.32 Å². The maximum atomic E-state index is 13.7. The lowest BCUT2D eigenvalue weighted by Crippen LogP contribution is -2.53. The van der Waals surface area contributed by atoms with Gasteiger partial charge in [-0.3, -0.25) is 14.4 Å². The first-order chi connectivity index (χ1) is 18.9. The Hall–Kier alpha value is -3.24. The smallest absolute Gasteiger partial charge is 0.399 e. The van der Waals surface area contributed by atoms with E-state index in [0.29, 0.717) is 24.4 Å². The fraction of sp³-hybridized carbons (Fsp3) is 0.533. The lowest BCUT2D eigenvalue weighted by atomic mass is 9.88. The summed E-state index contributed by atoms with van der Waals surface area (Å²) in [4.78, 5) is 57.2. The van der Waals surface area contributed by atoms with Crippen molar-refractivity contribution in [2.24, 2.45) is 11.3 Å². The molecule has 4 unspecified atom stereocenters. The molecule has 216 valence electrons. The quantitative estimate of drug-likeness (QED) is 0.507. The molecule has 40 heavy (non-hydrogen) atoms. The summed E-state index contributed by atoms with van der Waals surface area (Å²) in [6.07, 6.45) is -0.550. The summed E-state index contributed by atoms with van der Waals surface area (Å²) < 4.78 is 11.0. The minimum Gasteiger partial charge on any atom is -0.399 e. The molecule has 2 saturated heterocycles. The van der Waals surface area contributed by atoms with E-state index in [-0.39, 0.29) is 30.1 Å². The van der Waals surface area contributed by atoms with Gasteiger partial charge in [0.1, 0.15) is 18.2 Å². The second-order valence-corrected chi connectivity index (χ2v) is 13.0. The van der Waals surface area contributed by atoms with Crippen molar-refractivity contribution in [3.63, 3.8) is 0 Å². The van der Waals surface area contributed by atoms with Crippen molar-refractivity contribution >= 4 is 35.0 Å². The monoisotopic (exact) mass is 569 g/mol. The van der Waals surface area contributed by atoms with Crippen molar-refractivity contribution in [3.05, 3.63) is 42.5 Å². The fourth-order valence-corrected chi connectivity index (χ4v) is 6.48. The number of hydrogen-bond donors (Lipinski definition) is 1. The summed E-state index contributed by atoms with van der Waals surface area (Å²) in [6.45, 7) is 9.94. The van der Waals surface area contributed by atoms with E-state index in [1.165, 1.54) is 23.3 Å². The van der Waals surface area contributed by atoms with E-state index in [1.54, 1.807) is 11.0 Å². The van der Waals surface area contributed by atoms with Crippen LogP contribution in [0.3, 0.4) is 0 Å². The summed E-state index contributed by atoms with van der Waals surface area (Å²) in [5.41, 5.74) is 0.574. The van der Waals surface area contributed by atoms with E-state index in [1.807, 2.05) is 71.0 Å². The van der Waals surface area contributed by atoms with Gasteiger partial charge in [-0.05, 0) is 41.9 Å². The standard InChI is InChI=1S/C30H39N3O6S/c1-18(2)16-20(31-29(37)39-24-13-12-23(40-24)19-10-8-7-9-11-19)27(35)32-15-14-21-25(32)22(34)17-33(21)28(36)26(38-6)30(3,4)5/h7-13,18,20-21,25-26H,14-17H2,1-6H3,(H,31,37). The number of rotatable bonds is 8. The number of hydrogen-bond acceptors (Lipinski definition) is 7. The zero-order valence-corrected chi connectivity index (χ0v) is 24.8. The third-order valence-corrected chi connectivity index (χ3v) is 8.38. The van der Waals surface area contributed by atoms with E-state index in [9.17, 15) is 19.2 Å². The predicted octanol–water partition coefficient (Wildman–Crippen LogP) is 4.36. The molecule has 10 heteroatoms. The van der Waals surface area contributed by atoms with E-state index < -0.39 is 35.7 Å². The Labute approximate surface area is 239 Å². The topological polar surface area (TPSA) is 105 Å². The van der Waals surface area contributed by atoms with Crippen LogP contribution in [-0.2, 0) is 19.1 Å². The van der Waals surface area contributed by atoms with Crippen LogP contribution >= 0.6 is 11.3 Å². The molecule has 2 aliphatic heterocycles. The number of nitrogens with one attached hydrogen (secondary N) is 1. The number of methoxy groups -OCH3 is 1. The molecule has 0 saturated carbocycles. The van der Waals surface area contributed by atoms with E-state index in [0.717, 1.165) is 10.4 Å². The molecule has 4 atom stereocenters. The highest BCUT2D eigenvalue weighted by atomic mass is 32.1. The lowest BCUT2D eigenvalue weighted by Gasteiger charge is -2.33. The number of thiophene rings is 1. The van der Waals surface area contributed by atoms with Gasteiger partial charge >= 0.3 is 6.09 Å². The second-order valence-electron chi connectivity index (χ2n) is 11.9. The number of nitrogens with zero attached hydrogens (tertiary/aromatic N) is 2. The summed E-state index contributed by atoms with van der Waals surface area (Å²) >= 11 is 1.34. The summed E-state index contributed by atoms with van der Waals surface area (Å²) in [5, 5.41) is 3.16. The predicted molar refractivity (Wildman–Crippen MR) is 153 cm³/mol. The van der Waals surface area contributed by atoms with Crippen LogP contribution in [0.5, 0.6) is 5.06 Å². The largest absolute Gasteiger partial charge is 0.414 e. The van der Waals surface area contributed by atoms with Crippen molar-refractivity contribution in [1.29, 1.82) is 0 Å². The molecule has 1 N–H and O–H groups in total. The van der Waals surface area contributed by atoms with Gasteiger partial charge < -0.3 is 24.6 Å². The Morgan fingerprint density at radius 2 is 1.75 bits per heavy atom. The van der Waals surface area contributed by atoms with Gasteiger partial charge in [-0.2, -0.15) is 0 Å². The van der Waals surface area contributed by atoms with Crippen molar-refractivity contribution in [1.82, 2.24) is 15.1 Å². The summed E-state index contributed by atoms with van der Waals surface area (Å²) in [5.74, 6) is -0.649. The zero-order chi connectivity index (χ0) is 29.2. The number of ketones is 1. The molecule has 1 aromatic carbocycles. The molecule has 2 fully saturated rings. The Morgan fingerprint density at radius 1 is 1.05 bits per heavy atom. The van der Waals surface area contributed by atoms with Crippen LogP contribution in [0.25, 0.3) is 10.4 Å². The van der Waals surface area contributed by atoms with Crippen molar-refractivity contribution < 1.29 is 28.7 Å². The minimum absolute atomic E-state index is 0.0552. The van der Waals surface area contributed by atoms with Crippen LogP contribution in [0.15, 0.2) is 42.5 Å². The first-order valence-electron chi connectivity index (χ1n) is 13.7. The average molecular weight is 570 g/mol. The molecular formula is C30H39N3O6S. The fourth-order valence-electron chi connectivity index (χ4n) is 5.62. The van der Waals surface area contributed by atoms with Gasteiger partial charge in [0.15, 0.2) is 10.8 Å². The van der Waals surface area contributed by atoms with E-state index in [4.69, 9.17) is 9.47 Å². The highest BCUT2D eigenvalue weighted by Crippen LogP contribution is 2.35. The van der Waals surface area contributed by atoms with Gasteiger partial charge in [0, 0.05) is 18.5 Å². The third kappa shape index (κ3) is 6.39. The number of amides is 3. The van der Waals surface area contributed by atoms with Gasteiger partial charge in [-0.1, -0.05) is 76.3 Å². The molecule has 2 aliphatic rings. The van der Waals surface area contributed by atoms with Crippen molar-refractivity contribution in [2.45, 2.75) is 71.7 Å². The maximum Gasteiger partial charge on any atom is 0.414 e. The number of likely N-dealkylation sites (tertiary alicyclic amines) is 2. The van der Waals surface area contributed by atoms with Crippen LogP contribution in [0.4, 0.5) is 4.79 Å². The first kappa shape index (κ1) is 29.7. The van der Waals surface area contributed by atoms with Crippen molar-refractivity contribution in [2.75, 3.05) is 20.2 Å². The highest BCUT2D eigenvalue weighted by Gasteiger charge is 2.53. The van der Waals surface area contributed by atoms with Crippen LogP contribution in [0, 0.1) is 11.3 Å². The molecule has 0 aliphatic carbocycles. The minimum atomic E-state index is -0.862. The van der Waals surface area contributed by atoms with Crippen molar-refractivity contribution in [3.8, 4) is 15.5 Å². The number of carbonyl (C=O) groups excluding carboxylic acids is 4. The molecule has 0 spiro atoms. The highest BCUT2D eigenvalue weighted by molar-refractivity contribution is 7.17. The Bertz CT molecular complexity index is 1240. The molecule has 3 amide bonds. The van der Waals surface area contributed by atoms with Gasteiger partial charge in [-0.15, -0.1) is 0 Å². The second kappa shape index (κ2) is 12.1. The number of fused-ring (bicyclic) bond motifs is 1. The number of Topliss-reactive ketones (excluding diaryl/α,β-unsaturated/α-hetero) is 1. The first-order valence-corrected chi connectivity index (χ1v) is 14.5. The lowest BCUT2D eigenvalue weighted by molar-refractivity contribution is -0.150. The Kier molecular flexibility index (Phi) is 8.99. The molecule has 0 bridgehead atoms. The number of ether oxygens (including phenoxy) is 2. The Balaban J connectivity index is 1.45. The molecule has 0 radical (unpaired) electrons. The molecule has 3 heterocycles. The molecule has 1 aromatic heterocycles. The molecule has 2 aromatic rings. The van der Waals surface area contributed by atoms with Crippen LogP contribution in [-0.4, -0.2) is 77.9 Å². The van der Waals surface area contributed by atoms with Crippen LogP contribution in [0.2, 0.25) is 0 Å². The Morgan fingerprint density at radius 3 is 2.38 bits per heavy atom. The van der Waals surface area contributed by atoms with Gasteiger partial charge in [0.05, 0.1) is 12.6 Å². The average Bonchev–Trinajstić information content (AvgIpc) is 3.60. The third-order valence-electron chi connectivity index (χ3n) is 7.37. The SMILES string of the molecule is COC(C(=O)N1CC(=O)C2C1CCN2C(=O)C(CC(C)C)NC(=O)Oc1ccc(-c2ccccc2)s1)C(C)(C)C. The normalized spacial score (nSPS) is 20.4. The number of carbonyl (C=O) groups is 4. The molecular weight excluding hydrogens is 530 g/mol. The van der Waals surface area contributed by atoms with Crippen LogP contribution < -0.4 is 10.1 Å². The van der Waals surface area contributed by atoms with Gasteiger partial charge in [0.25, 0.3) is 5.91 Å². The van der Waals surface area contributed by atoms with Gasteiger partial charge in [0.2, 0.25) is 5.91 Å². The van der Waals surface area contributed by atoms with E-state index >= 15 is 0 Å². The summed E-state index contributed by atoms with van der Waals surface area (Å²) in [7, 11) is 1.49. The van der Waals surface area contributed by atoms with Crippen LogP contribution in [0.1, 0.15) is 47.5 Å². The molecule has 9 nitrogen and oxygen atoms in total. The molecule has 4 rings (SSSR count). The zero-order valence-electron chi connectivity index (χ0n) is 24.0.